The summed E-state index contributed by atoms with van der Waals surface area (Å²) in [5.74, 6) is -0.693. The van der Waals surface area contributed by atoms with Gasteiger partial charge in [0.05, 0.1) is 18.8 Å². The Hall–Kier alpha value is -2.97. The van der Waals surface area contributed by atoms with E-state index in [0.717, 1.165) is 0 Å². The summed E-state index contributed by atoms with van der Waals surface area (Å²) in [6, 6.07) is 0. The first-order valence-corrected chi connectivity index (χ1v) is 6.87. The first kappa shape index (κ1) is 16.4. The van der Waals surface area contributed by atoms with Crippen LogP contribution in [0.15, 0.2) is 24.4 Å². The minimum Gasteiger partial charge on any atom is -0.461 e. The molecule has 23 heavy (non-hydrogen) atoms. The molecule has 2 rings (SSSR count). The standard InChI is InChI=1S/C14H17N5O4/c1-9(20)22-6-11(7-23-10(2)21)3-4-19-8-17-12-5-16-14(15)18-13(12)19/h5-6,8H,3-4,7H2,1-2H3,(H2,15,16,18)/b11-6-. The van der Waals surface area contributed by atoms with E-state index < -0.39 is 11.9 Å². The molecule has 2 aromatic heterocycles. The van der Waals surface area contributed by atoms with Crippen LogP contribution in [0, 0.1) is 0 Å². The highest BCUT2D eigenvalue weighted by atomic mass is 16.5. The molecule has 2 aromatic rings. The van der Waals surface area contributed by atoms with E-state index in [0.29, 0.717) is 29.7 Å². The summed E-state index contributed by atoms with van der Waals surface area (Å²) in [6.07, 6.45) is 4.94. The summed E-state index contributed by atoms with van der Waals surface area (Å²) in [6.45, 7) is 3.16. The predicted molar refractivity (Wildman–Crippen MR) is 80.8 cm³/mol. The van der Waals surface area contributed by atoms with Crippen molar-refractivity contribution in [1.82, 2.24) is 19.5 Å². The van der Waals surface area contributed by atoms with Crippen LogP contribution in [-0.4, -0.2) is 38.1 Å². The van der Waals surface area contributed by atoms with Crippen LogP contribution < -0.4 is 5.73 Å². The predicted octanol–water partition coefficient (Wildman–Crippen LogP) is 0.809. The van der Waals surface area contributed by atoms with Gasteiger partial charge in [-0.15, -0.1) is 0 Å². The lowest BCUT2D eigenvalue weighted by Crippen LogP contribution is -2.08. The molecule has 9 nitrogen and oxygen atoms in total. The Labute approximate surface area is 132 Å². The topological polar surface area (TPSA) is 122 Å². The Balaban J connectivity index is 2.09. The molecule has 0 saturated carbocycles. The number of hydrogen-bond acceptors (Lipinski definition) is 8. The van der Waals surface area contributed by atoms with Crippen molar-refractivity contribution >= 4 is 29.1 Å². The molecule has 0 bridgehead atoms. The number of carbonyl (C=O) groups excluding carboxylic acids is 2. The van der Waals surface area contributed by atoms with Crippen LogP contribution in [0.1, 0.15) is 20.3 Å². The Morgan fingerprint density at radius 2 is 2.09 bits per heavy atom. The van der Waals surface area contributed by atoms with Crippen LogP contribution in [0.4, 0.5) is 5.95 Å². The highest BCUT2D eigenvalue weighted by molar-refractivity contribution is 5.70. The Bertz CT molecular complexity index is 753. The van der Waals surface area contributed by atoms with Crippen molar-refractivity contribution in [3.63, 3.8) is 0 Å². The fourth-order valence-electron chi connectivity index (χ4n) is 1.82. The SMILES string of the molecule is CC(=O)O/C=C(/CCn1cnc2cnc(N)nc21)COC(C)=O. The van der Waals surface area contributed by atoms with Crippen LogP contribution in [0.25, 0.3) is 11.2 Å². The zero-order chi connectivity index (χ0) is 16.8. The zero-order valence-corrected chi connectivity index (χ0v) is 12.9. The normalized spacial score (nSPS) is 11.5. The van der Waals surface area contributed by atoms with Gasteiger partial charge in [0.1, 0.15) is 12.1 Å². The van der Waals surface area contributed by atoms with Crippen LogP contribution in [0.3, 0.4) is 0 Å². The molecule has 0 fully saturated rings. The molecule has 0 atom stereocenters. The van der Waals surface area contributed by atoms with Crippen molar-refractivity contribution in [1.29, 1.82) is 0 Å². The number of carbonyl (C=O) groups is 2. The second kappa shape index (κ2) is 7.34. The van der Waals surface area contributed by atoms with Crippen molar-refractivity contribution < 1.29 is 19.1 Å². The third-order valence-corrected chi connectivity index (χ3v) is 2.90. The van der Waals surface area contributed by atoms with E-state index >= 15 is 0 Å². The molecule has 0 aliphatic rings. The number of aromatic nitrogens is 4. The smallest absolute Gasteiger partial charge is 0.307 e. The molecule has 122 valence electrons. The first-order valence-electron chi connectivity index (χ1n) is 6.87. The number of nitrogens with two attached hydrogens (primary N) is 1. The number of ether oxygens (including phenoxy) is 2. The summed E-state index contributed by atoms with van der Waals surface area (Å²) in [4.78, 5) is 34.0. The van der Waals surface area contributed by atoms with Crippen molar-refractivity contribution in [3.05, 3.63) is 24.4 Å². The molecule has 0 saturated heterocycles. The lowest BCUT2D eigenvalue weighted by molar-refractivity contribution is -0.140. The monoisotopic (exact) mass is 319 g/mol. The molecule has 9 heteroatoms. The number of fused-ring (bicyclic) bond motifs is 1. The van der Waals surface area contributed by atoms with Crippen molar-refractivity contribution in [2.75, 3.05) is 12.3 Å². The molecule has 0 aliphatic carbocycles. The maximum atomic E-state index is 10.9. The van der Waals surface area contributed by atoms with Crippen LogP contribution in [0.5, 0.6) is 0 Å². The molecule has 0 unspecified atom stereocenters. The van der Waals surface area contributed by atoms with E-state index in [1.54, 1.807) is 17.1 Å². The van der Waals surface area contributed by atoms with Crippen LogP contribution in [0.2, 0.25) is 0 Å². The first-order chi connectivity index (χ1) is 11.0. The summed E-state index contributed by atoms with van der Waals surface area (Å²) in [7, 11) is 0. The van der Waals surface area contributed by atoms with E-state index in [2.05, 4.69) is 15.0 Å². The average Bonchev–Trinajstić information content (AvgIpc) is 2.88. The van der Waals surface area contributed by atoms with Gasteiger partial charge >= 0.3 is 11.9 Å². The summed E-state index contributed by atoms with van der Waals surface area (Å²) in [5.41, 5.74) is 7.47. The Morgan fingerprint density at radius 1 is 1.30 bits per heavy atom. The number of aryl methyl sites for hydroxylation is 1. The van der Waals surface area contributed by atoms with Crippen LogP contribution >= 0.6 is 0 Å². The Kier molecular flexibility index (Phi) is 5.23. The van der Waals surface area contributed by atoms with Crippen molar-refractivity contribution in [3.8, 4) is 0 Å². The molecular formula is C14H17N5O4. The fourth-order valence-corrected chi connectivity index (χ4v) is 1.82. The number of anilines is 1. The van der Waals surface area contributed by atoms with E-state index in [-0.39, 0.29) is 12.6 Å². The zero-order valence-electron chi connectivity index (χ0n) is 12.9. The van der Waals surface area contributed by atoms with Gasteiger partial charge in [0.2, 0.25) is 5.95 Å². The lowest BCUT2D eigenvalue weighted by atomic mass is 10.2. The van der Waals surface area contributed by atoms with Gasteiger partial charge in [-0.25, -0.2) is 9.97 Å². The number of esters is 2. The number of nitrogens with zero attached hydrogens (tertiary/aromatic N) is 4. The summed E-state index contributed by atoms with van der Waals surface area (Å²) < 4.78 is 11.6. The van der Waals surface area contributed by atoms with Gasteiger partial charge < -0.3 is 19.8 Å². The fraction of sp³-hybridized carbons (Fsp3) is 0.357. The molecule has 0 spiro atoms. The minimum atomic E-state index is -0.445. The van der Waals surface area contributed by atoms with E-state index in [9.17, 15) is 9.59 Å². The van der Waals surface area contributed by atoms with E-state index in [4.69, 9.17) is 15.2 Å². The van der Waals surface area contributed by atoms with E-state index in [1.807, 2.05) is 0 Å². The Morgan fingerprint density at radius 3 is 2.78 bits per heavy atom. The van der Waals surface area contributed by atoms with E-state index in [1.165, 1.54) is 20.1 Å². The van der Waals surface area contributed by atoms with Crippen molar-refractivity contribution in [2.45, 2.75) is 26.8 Å². The minimum absolute atomic E-state index is 0.0480. The summed E-state index contributed by atoms with van der Waals surface area (Å²) in [5, 5.41) is 0. The van der Waals surface area contributed by atoms with Gasteiger partial charge in [0.25, 0.3) is 0 Å². The quantitative estimate of drug-likeness (QED) is 0.613. The summed E-state index contributed by atoms with van der Waals surface area (Å²) >= 11 is 0. The maximum Gasteiger partial charge on any atom is 0.307 e. The molecule has 2 heterocycles. The maximum absolute atomic E-state index is 10.9. The number of rotatable bonds is 6. The molecule has 0 aromatic carbocycles. The van der Waals surface area contributed by atoms with Gasteiger partial charge in [0, 0.05) is 26.0 Å². The van der Waals surface area contributed by atoms with Gasteiger partial charge in [-0.2, -0.15) is 4.98 Å². The average molecular weight is 319 g/mol. The van der Waals surface area contributed by atoms with Gasteiger partial charge in [-0.3, -0.25) is 9.59 Å². The third-order valence-electron chi connectivity index (χ3n) is 2.90. The largest absolute Gasteiger partial charge is 0.461 e. The number of imidazole rings is 1. The molecule has 0 aliphatic heterocycles. The van der Waals surface area contributed by atoms with Crippen LogP contribution in [-0.2, 0) is 25.6 Å². The van der Waals surface area contributed by atoms with Gasteiger partial charge in [-0.1, -0.05) is 0 Å². The second-order valence-corrected chi connectivity index (χ2v) is 4.79. The lowest BCUT2D eigenvalue weighted by Gasteiger charge is -2.09. The molecule has 0 radical (unpaired) electrons. The molecular weight excluding hydrogens is 302 g/mol. The number of nitrogen functional groups attached to an aromatic ring is 1. The number of hydrogen-bond donors (Lipinski definition) is 1. The van der Waals surface area contributed by atoms with Gasteiger partial charge in [-0.05, 0) is 6.42 Å². The highest BCUT2D eigenvalue weighted by Gasteiger charge is 2.08. The van der Waals surface area contributed by atoms with Crippen molar-refractivity contribution in [2.24, 2.45) is 0 Å². The molecule has 2 N–H and O–H groups in total. The molecule has 0 amide bonds. The highest BCUT2D eigenvalue weighted by Crippen LogP contribution is 2.13. The van der Waals surface area contributed by atoms with Gasteiger partial charge in [0.15, 0.2) is 5.65 Å². The third kappa shape index (κ3) is 4.77. The second-order valence-electron chi connectivity index (χ2n) is 4.79.